The van der Waals surface area contributed by atoms with Gasteiger partial charge in [0.1, 0.15) is 15.9 Å². The lowest BCUT2D eigenvalue weighted by Gasteiger charge is -2.32. The third-order valence-corrected chi connectivity index (χ3v) is 7.58. The number of rotatable bonds is 6. The van der Waals surface area contributed by atoms with E-state index in [1.165, 1.54) is 11.8 Å². The molecule has 0 saturated carbocycles. The van der Waals surface area contributed by atoms with Crippen molar-refractivity contribution in [1.29, 1.82) is 0 Å². The SMILES string of the molecule is CCOC(=O)C1CCN(c2nc3ccccc3cc2/C=C2\SC(=S)N(Cc3ccco3)C2=O)CC1. The minimum atomic E-state index is -0.142. The van der Waals surface area contributed by atoms with E-state index in [-0.39, 0.29) is 17.8 Å². The first kappa shape index (κ1) is 23.6. The second kappa shape index (κ2) is 10.2. The molecule has 0 N–H and O–H groups in total. The number of carbonyl (C=O) groups is 2. The fourth-order valence-electron chi connectivity index (χ4n) is 4.40. The number of hydrogen-bond donors (Lipinski definition) is 0. The van der Waals surface area contributed by atoms with Gasteiger partial charge in [-0.1, -0.05) is 42.2 Å². The predicted octanol–water partition coefficient (Wildman–Crippen LogP) is 5.01. The van der Waals surface area contributed by atoms with Crippen molar-refractivity contribution in [1.82, 2.24) is 9.88 Å². The van der Waals surface area contributed by atoms with E-state index in [2.05, 4.69) is 11.0 Å². The standard InChI is InChI=1S/C26H25N3O4S2/c1-2-32-25(31)17-9-11-28(12-10-17)23-19(14-18-6-3-4-8-21(18)27-23)15-22-24(30)29(26(34)35-22)16-20-7-5-13-33-20/h3-8,13-15,17H,2,9-12,16H2,1H3/b22-15-. The van der Waals surface area contributed by atoms with Gasteiger partial charge in [-0.25, -0.2) is 4.98 Å². The lowest BCUT2D eigenvalue weighted by Crippen LogP contribution is -2.37. The molecule has 0 spiro atoms. The number of amides is 1. The highest BCUT2D eigenvalue weighted by Crippen LogP contribution is 2.36. The van der Waals surface area contributed by atoms with Crippen molar-refractivity contribution in [3.63, 3.8) is 0 Å². The minimum Gasteiger partial charge on any atom is -0.467 e. The van der Waals surface area contributed by atoms with Crippen LogP contribution >= 0.6 is 24.0 Å². The molecule has 4 heterocycles. The summed E-state index contributed by atoms with van der Waals surface area (Å²) in [4.78, 5) is 34.7. The molecule has 0 aliphatic carbocycles. The molecule has 9 heteroatoms. The van der Waals surface area contributed by atoms with Gasteiger partial charge in [0.25, 0.3) is 5.91 Å². The lowest BCUT2D eigenvalue weighted by molar-refractivity contribution is -0.148. The van der Waals surface area contributed by atoms with E-state index in [9.17, 15) is 9.59 Å². The average molecular weight is 508 g/mol. The molecule has 35 heavy (non-hydrogen) atoms. The van der Waals surface area contributed by atoms with E-state index in [0.717, 1.165) is 22.3 Å². The van der Waals surface area contributed by atoms with E-state index in [0.29, 0.717) is 54.1 Å². The van der Waals surface area contributed by atoms with Gasteiger partial charge in [-0.05, 0) is 50.1 Å². The van der Waals surface area contributed by atoms with Gasteiger partial charge in [-0.2, -0.15) is 0 Å². The molecule has 3 aromatic rings. The number of furan rings is 1. The molecule has 0 unspecified atom stereocenters. The van der Waals surface area contributed by atoms with Crippen LogP contribution in [-0.2, 0) is 20.9 Å². The first-order chi connectivity index (χ1) is 17.0. The summed E-state index contributed by atoms with van der Waals surface area (Å²) >= 11 is 6.78. The number of fused-ring (bicyclic) bond motifs is 1. The highest BCUT2D eigenvalue weighted by atomic mass is 32.2. The Balaban J connectivity index is 1.44. The monoisotopic (exact) mass is 507 g/mol. The molecular formula is C26H25N3O4S2. The zero-order valence-corrected chi connectivity index (χ0v) is 20.9. The molecule has 0 radical (unpaired) electrons. The first-order valence-corrected chi connectivity index (χ1v) is 12.8. The van der Waals surface area contributed by atoms with Gasteiger partial charge in [0, 0.05) is 24.0 Å². The van der Waals surface area contributed by atoms with Crippen LogP contribution in [0.3, 0.4) is 0 Å². The maximum Gasteiger partial charge on any atom is 0.309 e. The van der Waals surface area contributed by atoms with Crippen LogP contribution in [0.15, 0.2) is 58.1 Å². The molecule has 7 nitrogen and oxygen atoms in total. The van der Waals surface area contributed by atoms with Crippen LogP contribution in [0.4, 0.5) is 5.82 Å². The summed E-state index contributed by atoms with van der Waals surface area (Å²) in [5.41, 5.74) is 1.74. The zero-order valence-electron chi connectivity index (χ0n) is 19.3. The predicted molar refractivity (Wildman–Crippen MR) is 141 cm³/mol. The Kier molecular flexibility index (Phi) is 6.88. The number of esters is 1. The number of thioether (sulfide) groups is 1. The van der Waals surface area contributed by atoms with Crippen molar-refractivity contribution in [3.8, 4) is 0 Å². The molecule has 2 fully saturated rings. The minimum absolute atomic E-state index is 0.0899. The Bertz CT molecular complexity index is 1300. The number of para-hydroxylation sites is 1. The fourth-order valence-corrected chi connectivity index (χ4v) is 5.65. The Morgan fingerprint density at radius 3 is 2.80 bits per heavy atom. The van der Waals surface area contributed by atoms with Crippen molar-refractivity contribution < 1.29 is 18.7 Å². The van der Waals surface area contributed by atoms with E-state index in [1.807, 2.05) is 43.3 Å². The highest BCUT2D eigenvalue weighted by molar-refractivity contribution is 8.26. The molecule has 0 bridgehead atoms. The normalized spacial score (nSPS) is 18.1. The number of piperidine rings is 1. The summed E-state index contributed by atoms with van der Waals surface area (Å²) in [6.07, 6.45) is 4.88. The molecule has 1 amide bonds. The number of carbonyl (C=O) groups excluding carboxylic acids is 2. The summed E-state index contributed by atoms with van der Waals surface area (Å²) < 4.78 is 11.1. The second-order valence-electron chi connectivity index (χ2n) is 8.45. The van der Waals surface area contributed by atoms with E-state index < -0.39 is 0 Å². The third kappa shape index (κ3) is 4.97. The van der Waals surface area contributed by atoms with Gasteiger partial charge in [0.2, 0.25) is 0 Å². The fraction of sp³-hybridized carbons (Fsp3) is 0.308. The molecule has 2 aliphatic heterocycles. The van der Waals surface area contributed by atoms with Crippen molar-refractivity contribution >= 4 is 63.0 Å². The van der Waals surface area contributed by atoms with Crippen LogP contribution in [0.1, 0.15) is 31.1 Å². The highest BCUT2D eigenvalue weighted by Gasteiger charge is 2.33. The van der Waals surface area contributed by atoms with Gasteiger partial charge in [0.05, 0.1) is 35.8 Å². The third-order valence-electron chi connectivity index (χ3n) is 6.20. The molecule has 2 aromatic heterocycles. The van der Waals surface area contributed by atoms with Crippen LogP contribution in [0, 0.1) is 5.92 Å². The maximum absolute atomic E-state index is 13.2. The van der Waals surface area contributed by atoms with Gasteiger partial charge in [0.15, 0.2) is 0 Å². The van der Waals surface area contributed by atoms with Crippen molar-refractivity contribution in [2.45, 2.75) is 26.3 Å². The van der Waals surface area contributed by atoms with Gasteiger partial charge in [-0.15, -0.1) is 0 Å². The molecule has 1 aromatic carbocycles. The largest absolute Gasteiger partial charge is 0.467 e. The maximum atomic E-state index is 13.2. The first-order valence-electron chi connectivity index (χ1n) is 11.6. The molecular weight excluding hydrogens is 482 g/mol. The summed E-state index contributed by atoms with van der Waals surface area (Å²) in [5, 5.41) is 0.995. The van der Waals surface area contributed by atoms with E-state index in [4.69, 9.17) is 26.4 Å². The Morgan fingerprint density at radius 1 is 1.26 bits per heavy atom. The number of hydrogen-bond acceptors (Lipinski definition) is 8. The molecule has 5 rings (SSSR count). The summed E-state index contributed by atoms with van der Waals surface area (Å²) in [7, 11) is 0. The number of aromatic nitrogens is 1. The second-order valence-corrected chi connectivity index (χ2v) is 10.1. The molecule has 180 valence electrons. The average Bonchev–Trinajstić information content (AvgIpc) is 3.48. The zero-order chi connectivity index (χ0) is 24.4. The number of thiocarbonyl (C=S) groups is 1. The molecule has 2 saturated heterocycles. The van der Waals surface area contributed by atoms with E-state index >= 15 is 0 Å². The van der Waals surface area contributed by atoms with Gasteiger partial charge >= 0.3 is 5.97 Å². The lowest BCUT2D eigenvalue weighted by atomic mass is 9.96. The summed E-state index contributed by atoms with van der Waals surface area (Å²) in [5.74, 6) is 1.13. The number of benzene rings is 1. The number of nitrogens with zero attached hydrogens (tertiary/aromatic N) is 3. The smallest absolute Gasteiger partial charge is 0.309 e. The van der Waals surface area contributed by atoms with Gasteiger partial charge in [-0.3, -0.25) is 14.5 Å². The summed E-state index contributed by atoms with van der Waals surface area (Å²) in [6.45, 7) is 3.91. The Labute approximate surface area is 213 Å². The molecule has 0 atom stereocenters. The van der Waals surface area contributed by atoms with Crippen LogP contribution in [0.25, 0.3) is 17.0 Å². The van der Waals surface area contributed by atoms with E-state index in [1.54, 1.807) is 17.2 Å². The number of pyridine rings is 1. The van der Waals surface area contributed by atoms with Crippen molar-refractivity contribution in [2.24, 2.45) is 5.92 Å². The quantitative estimate of drug-likeness (QED) is 0.262. The summed E-state index contributed by atoms with van der Waals surface area (Å²) in [6, 6.07) is 13.6. The van der Waals surface area contributed by atoms with Crippen LogP contribution in [-0.4, -0.2) is 45.8 Å². The van der Waals surface area contributed by atoms with Crippen molar-refractivity contribution in [3.05, 3.63) is 65.0 Å². The van der Waals surface area contributed by atoms with Crippen molar-refractivity contribution in [2.75, 3.05) is 24.6 Å². The Hall–Kier alpha value is -3.17. The Morgan fingerprint density at radius 2 is 2.06 bits per heavy atom. The van der Waals surface area contributed by atoms with Crippen LogP contribution in [0.5, 0.6) is 0 Å². The van der Waals surface area contributed by atoms with Gasteiger partial charge < -0.3 is 14.1 Å². The number of anilines is 1. The topological polar surface area (TPSA) is 75.9 Å². The molecule has 2 aliphatic rings. The number of ether oxygens (including phenoxy) is 1. The van der Waals surface area contributed by atoms with Crippen LogP contribution < -0.4 is 4.90 Å². The van der Waals surface area contributed by atoms with Crippen LogP contribution in [0.2, 0.25) is 0 Å².